The highest BCUT2D eigenvalue weighted by Gasteiger charge is 2.09. The summed E-state index contributed by atoms with van der Waals surface area (Å²) >= 11 is 1.43. The molecule has 7 heteroatoms. The second-order valence-corrected chi connectivity index (χ2v) is 4.23. The Morgan fingerprint density at radius 2 is 2.38 bits per heavy atom. The summed E-state index contributed by atoms with van der Waals surface area (Å²) in [6, 6.07) is 3.04. The van der Waals surface area contributed by atoms with E-state index >= 15 is 0 Å². The van der Waals surface area contributed by atoms with Crippen LogP contribution in [-0.4, -0.2) is 21.3 Å². The van der Waals surface area contributed by atoms with Crippen molar-refractivity contribution in [3.63, 3.8) is 0 Å². The molecule has 0 radical (unpaired) electrons. The number of anilines is 1. The van der Waals surface area contributed by atoms with Gasteiger partial charge >= 0.3 is 5.97 Å². The van der Waals surface area contributed by atoms with Crippen LogP contribution in [0.2, 0.25) is 0 Å². The van der Waals surface area contributed by atoms with Crippen LogP contribution in [0.5, 0.6) is 0 Å². The molecule has 0 amide bonds. The largest absolute Gasteiger partial charge is 0.475 e. The molecule has 2 N–H and O–H groups in total. The minimum Gasteiger partial charge on any atom is -0.475 e. The number of hydrogen-bond donors (Lipinski definition) is 2. The van der Waals surface area contributed by atoms with Gasteiger partial charge in [-0.25, -0.2) is 4.79 Å². The molecule has 0 saturated heterocycles. The number of carboxylic acid groups (broad SMARTS) is 1. The standard InChI is InChI=1S/C9H9N3O3S/c1-5-11-12-9(16-5)10-4-6-2-3-7(15-6)8(13)14/h2-3H,4H2,1H3,(H,10,12)(H,13,14). The maximum absolute atomic E-state index is 10.6. The number of rotatable bonds is 4. The van der Waals surface area contributed by atoms with E-state index in [4.69, 9.17) is 9.52 Å². The highest BCUT2D eigenvalue weighted by Crippen LogP contribution is 2.15. The zero-order valence-corrected chi connectivity index (χ0v) is 9.24. The Balaban J connectivity index is 1.97. The van der Waals surface area contributed by atoms with Crippen LogP contribution in [0.1, 0.15) is 21.3 Å². The molecule has 6 nitrogen and oxygen atoms in total. The Morgan fingerprint density at radius 1 is 1.56 bits per heavy atom. The number of carboxylic acids is 1. The third-order valence-corrected chi connectivity index (χ3v) is 2.61. The summed E-state index contributed by atoms with van der Waals surface area (Å²) in [6.45, 7) is 2.25. The Hall–Kier alpha value is -1.89. The van der Waals surface area contributed by atoms with Crippen molar-refractivity contribution in [1.82, 2.24) is 10.2 Å². The summed E-state index contributed by atoms with van der Waals surface area (Å²) in [5.41, 5.74) is 0. The molecular weight excluding hydrogens is 230 g/mol. The van der Waals surface area contributed by atoms with Crippen LogP contribution < -0.4 is 5.32 Å². The predicted octanol–water partition coefficient (Wildman–Crippen LogP) is 1.75. The highest BCUT2D eigenvalue weighted by molar-refractivity contribution is 7.15. The van der Waals surface area contributed by atoms with Crippen LogP contribution in [0, 0.1) is 6.92 Å². The summed E-state index contributed by atoms with van der Waals surface area (Å²) in [5, 5.41) is 20.9. The van der Waals surface area contributed by atoms with Crippen molar-refractivity contribution >= 4 is 22.4 Å². The maximum Gasteiger partial charge on any atom is 0.371 e. The highest BCUT2D eigenvalue weighted by atomic mass is 32.1. The van der Waals surface area contributed by atoms with Crippen LogP contribution in [0.15, 0.2) is 16.5 Å². The fraction of sp³-hybridized carbons (Fsp3) is 0.222. The van der Waals surface area contributed by atoms with Crippen LogP contribution in [-0.2, 0) is 6.54 Å². The third kappa shape index (κ3) is 2.37. The zero-order chi connectivity index (χ0) is 11.5. The Morgan fingerprint density at radius 3 is 2.94 bits per heavy atom. The minimum atomic E-state index is -1.07. The van der Waals surface area contributed by atoms with Gasteiger partial charge < -0.3 is 14.8 Å². The molecule has 0 aliphatic rings. The topological polar surface area (TPSA) is 88.2 Å². The molecule has 0 aliphatic heterocycles. The van der Waals surface area contributed by atoms with Crippen molar-refractivity contribution in [3.8, 4) is 0 Å². The van der Waals surface area contributed by atoms with Gasteiger partial charge in [0.05, 0.1) is 6.54 Å². The van der Waals surface area contributed by atoms with Gasteiger partial charge in [-0.05, 0) is 19.1 Å². The van der Waals surface area contributed by atoms with Gasteiger partial charge in [0, 0.05) is 0 Å². The number of aryl methyl sites for hydroxylation is 1. The molecule has 2 aromatic heterocycles. The smallest absolute Gasteiger partial charge is 0.371 e. The van der Waals surface area contributed by atoms with Crippen molar-refractivity contribution in [3.05, 3.63) is 28.7 Å². The lowest BCUT2D eigenvalue weighted by Crippen LogP contribution is -1.98. The average Bonchev–Trinajstić information content (AvgIpc) is 2.83. The monoisotopic (exact) mass is 239 g/mol. The fourth-order valence-electron chi connectivity index (χ4n) is 1.12. The van der Waals surface area contributed by atoms with Crippen molar-refractivity contribution < 1.29 is 14.3 Å². The second-order valence-electron chi connectivity index (χ2n) is 3.05. The number of hydrogen-bond acceptors (Lipinski definition) is 6. The zero-order valence-electron chi connectivity index (χ0n) is 8.43. The lowest BCUT2D eigenvalue weighted by Gasteiger charge is -1.97. The number of nitrogens with one attached hydrogen (secondary N) is 1. The summed E-state index contributed by atoms with van der Waals surface area (Å²) < 4.78 is 5.07. The number of nitrogens with zero attached hydrogens (tertiary/aromatic N) is 2. The lowest BCUT2D eigenvalue weighted by atomic mass is 10.4. The number of aromatic nitrogens is 2. The first-order chi connectivity index (χ1) is 7.65. The van der Waals surface area contributed by atoms with Crippen molar-refractivity contribution in [2.75, 3.05) is 5.32 Å². The molecular formula is C9H9N3O3S. The molecule has 0 aliphatic carbocycles. The number of aromatic carboxylic acids is 1. The van der Waals surface area contributed by atoms with Crippen LogP contribution in [0.3, 0.4) is 0 Å². The first kappa shape index (κ1) is 10.6. The van der Waals surface area contributed by atoms with E-state index in [0.29, 0.717) is 17.4 Å². The number of carbonyl (C=O) groups is 1. The van der Waals surface area contributed by atoms with Crippen LogP contribution in [0.25, 0.3) is 0 Å². The quantitative estimate of drug-likeness (QED) is 0.845. The second kappa shape index (κ2) is 4.31. The molecule has 0 bridgehead atoms. The van der Waals surface area contributed by atoms with E-state index < -0.39 is 5.97 Å². The van der Waals surface area contributed by atoms with E-state index in [1.807, 2.05) is 6.92 Å². The predicted molar refractivity (Wildman–Crippen MR) is 57.6 cm³/mol. The van der Waals surface area contributed by atoms with E-state index in [0.717, 1.165) is 5.01 Å². The van der Waals surface area contributed by atoms with Crippen molar-refractivity contribution in [2.45, 2.75) is 13.5 Å². The van der Waals surface area contributed by atoms with E-state index in [1.54, 1.807) is 6.07 Å². The van der Waals surface area contributed by atoms with Gasteiger partial charge in [-0.15, -0.1) is 10.2 Å². The Bertz CT molecular complexity index is 506. The first-order valence-corrected chi connectivity index (χ1v) is 5.33. The van der Waals surface area contributed by atoms with Gasteiger partial charge in [0.1, 0.15) is 10.8 Å². The average molecular weight is 239 g/mol. The molecule has 2 rings (SSSR count). The first-order valence-electron chi connectivity index (χ1n) is 4.51. The van der Waals surface area contributed by atoms with Crippen molar-refractivity contribution in [1.29, 1.82) is 0 Å². The summed E-state index contributed by atoms with van der Waals surface area (Å²) in [5.74, 6) is -0.589. The van der Waals surface area contributed by atoms with Gasteiger partial charge in [0.15, 0.2) is 0 Å². The number of furan rings is 1. The van der Waals surface area contributed by atoms with Gasteiger partial charge in [-0.3, -0.25) is 0 Å². The van der Waals surface area contributed by atoms with Gasteiger partial charge in [0.2, 0.25) is 10.9 Å². The molecule has 0 aromatic carbocycles. The maximum atomic E-state index is 10.6. The van der Waals surface area contributed by atoms with Gasteiger partial charge in [-0.2, -0.15) is 0 Å². The Kier molecular flexibility index (Phi) is 2.86. The molecule has 2 aromatic rings. The van der Waals surface area contributed by atoms with E-state index in [2.05, 4.69) is 15.5 Å². The third-order valence-electron chi connectivity index (χ3n) is 1.81. The molecule has 0 fully saturated rings. The molecule has 2 heterocycles. The van der Waals surface area contributed by atoms with Crippen LogP contribution >= 0.6 is 11.3 Å². The SMILES string of the molecule is Cc1nnc(NCc2ccc(C(=O)O)o2)s1. The van der Waals surface area contributed by atoms with Gasteiger partial charge in [-0.1, -0.05) is 11.3 Å². The summed E-state index contributed by atoms with van der Waals surface area (Å²) in [7, 11) is 0. The lowest BCUT2D eigenvalue weighted by molar-refractivity contribution is 0.0660. The summed E-state index contributed by atoms with van der Waals surface area (Å²) in [4.78, 5) is 10.6. The molecule has 0 atom stereocenters. The normalized spacial score (nSPS) is 10.3. The molecule has 84 valence electrons. The minimum absolute atomic E-state index is 0.0646. The van der Waals surface area contributed by atoms with E-state index in [9.17, 15) is 4.79 Å². The molecule has 0 saturated carbocycles. The molecule has 0 spiro atoms. The van der Waals surface area contributed by atoms with E-state index in [1.165, 1.54) is 17.4 Å². The van der Waals surface area contributed by atoms with E-state index in [-0.39, 0.29) is 5.76 Å². The van der Waals surface area contributed by atoms with Crippen LogP contribution in [0.4, 0.5) is 5.13 Å². The molecule has 16 heavy (non-hydrogen) atoms. The Labute approximate surface area is 94.9 Å². The van der Waals surface area contributed by atoms with Gasteiger partial charge in [0.25, 0.3) is 0 Å². The fourth-order valence-corrected chi connectivity index (χ4v) is 1.71. The summed E-state index contributed by atoms with van der Waals surface area (Å²) in [6.07, 6.45) is 0. The van der Waals surface area contributed by atoms with Crippen molar-refractivity contribution in [2.24, 2.45) is 0 Å². The molecule has 0 unspecified atom stereocenters.